The van der Waals surface area contributed by atoms with Crippen LogP contribution in [0.25, 0.3) is 0 Å². The zero-order valence-electron chi connectivity index (χ0n) is 11.6. The largest absolute Gasteiger partial charge is 0.377 e. The van der Waals surface area contributed by atoms with Crippen molar-refractivity contribution in [1.82, 2.24) is 14.9 Å². The molecule has 3 rings (SSSR count). The predicted molar refractivity (Wildman–Crippen MR) is 74.1 cm³/mol. The maximum absolute atomic E-state index is 6.27. The Labute approximate surface area is 114 Å². The molecule has 5 nitrogen and oxygen atoms in total. The lowest BCUT2D eigenvalue weighted by atomic mass is 9.94. The summed E-state index contributed by atoms with van der Waals surface area (Å²) in [6.07, 6.45) is 5.74. The minimum atomic E-state index is 0.177. The van der Waals surface area contributed by atoms with Gasteiger partial charge >= 0.3 is 0 Å². The second-order valence-corrected chi connectivity index (χ2v) is 5.78. The van der Waals surface area contributed by atoms with Crippen molar-refractivity contribution >= 4 is 0 Å². The molecule has 2 aliphatic heterocycles. The maximum atomic E-state index is 6.27. The van der Waals surface area contributed by atoms with Crippen molar-refractivity contribution in [3.63, 3.8) is 0 Å². The molecule has 1 saturated heterocycles. The molecule has 5 heteroatoms. The summed E-state index contributed by atoms with van der Waals surface area (Å²) in [7, 11) is 0. The SMILES string of the molecule is Cc1cn2c(n1)C(COC1CCNCC1)C(N)CC2. The molecule has 1 fully saturated rings. The highest BCUT2D eigenvalue weighted by molar-refractivity contribution is 5.12. The molecular formula is C14H24N4O. The number of piperidine rings is 1. The van der Waals surface area contributed by atoms with Crippen molar-refractivity contribution in [1.29, 1.82) is 0 Å². The quantitative estimate of drug-likeness (QED) is 0.846. The molecule has 1 aromatic rings. The van der Waals surface area contributed by atoms with E-state index < -0.39 is 0 Å². The van der Waals surface area contributed by atoms with Gasteiger partial charge in [0.1, 0.15) is 5.82 Å². The molecule has 0 saturated carbocycles. The number of ether oxygens (including phenoxy) is 1. The van der Waals surface area contributed by atoms with Gasteiger partial charge in [0.2, 0.25) is 0 Å². The van der Waals surface area contributed by atoms with Crippen LogP contribution >= 0.6 is 0 Å². The van der Waals surface area contributed by atoms with Crippen LogP contribution in [0.1, 0.15) is 36.7 Å². The lowest BCUT2D eigenvalue weighted by Gasteiger charge is -2.31. The first kappa shape index (κ1) is 13.1. The van der Waals surface area contributed by atoms with Crippen LogP contribution in [-0.4, -0.2) is 41.4 Å². The third-order valence-electron chi connectivity index (χ3n) is 4.28. The van der Waals surface area contributed by atoms with Gasteiger partial charge in [-0.2, -0.15) is 0 Å². The summed E-state index contributed by atoms with van der Waals surface area (Å²) in [4.78, 5) is 4.64. The van der Waals surface area contributed by atoms with E-state index in [-0.39, 0.29) is 12.0 Å². The van der Waals surface area contributed by atoms with Crippen molar-refractivity contribution in [2.75, 3.05) is 19.7 Å². The highest BCUT2D eigenvalue weighted by Crippen LogP contribution is 2.27. The summed E-state index contributed by atoms with van der Waals surface area (Å²) in [5.74, 6) is 1.36. The van der Waals surface area contributed by atoms with E-state index in [2.05, 4.69) is 21.1 Å². The van der Waals surface area contributed by atoms with Gasteiger partial charge in [-0.3, -0.25) is 0 Å². The van der Waals surface area contributed by atoms with Gasteiger partial charge in [0.25, 0.3) is 0 Å². The van der Waals surface area contributed by atoms with Crippen LogP contribution in [0.5, 0.6) is 0 Å². The Morgan fingerprint density at radius 3 is 3.00 bits per heavy atom. The zero-order chi connectivity index (χ0) is 13.2. The van der Waals surface area contributed by atoms with Gasteiger partial charge in [0, 0.05) is 18.8 Å². The number of aryl methyl sites for hydroxylation is 2. The predicted octanol–water partition coefficient (Wildman–Crippen LogP) is 0.775. The van der Waals surface area contributed by atoms with E-state index in [4.69, 9.17) is 10.5 Å². The Balaban J connectivity index is 1.65. The van der Waals surface area contributed by atoms with Crippen LogP contribution in [0.3, 0.4) is 0 Å². The molecule has 2 aliphatic rings. The van der Waals surface area contributed by atoms with Crippen molar-refractivity contribution < 1.29 is 4.74 Å². The summed E-state index contributed by atoms with van der Waals surface area (Å²) in [6, 6.07) is 0.177. The van der Waals surface area contributed by atoms with Crippen LogP contribution in [0.4, 0.5) is 0 Å². The van der Waals surface area contributed by atoms with Gasteiger partial charge in [0.05, 0.1) is 24.3 Å². The minimum Gasteiger partial charge on any atom is -0.377 e. The number of rotatable bonds is 3. The van der Waals surface area contributed by atoms with Gasteiger partial charge in [-0.05, 0) is 39.3 Å². The number of nitrogens with two attached hydrogens (primary N) is 1. The molecule has 0 spiro atoms. The molecule has 0 aromatic carbocycles. The molecule has 1 aromatic heterocycles. The molecule has 0 bridgehead atoms. The van der Waals surface area contributed by atoms with E-state index >= 15 is 0 Å². The molecule has 0 radical (unpaired) electrons. The van der Waals surface area contributed by atoms with Crippen molar-refractivity contribution in [3.8, 4) is 0 Å². The number of aromatic nitrogens is 2. The Bertz CT molecular complexity index is 425. The molecule has 3 N–H and O–H groups in total. The topological polar surface area (TPSA) is 65.1 Å². The average molecular weight is 264 g/mol. The highest BCUT2D eigenvalue weighted by Gasteiger charge is 2.30. The fourth-order valence-corrected chi connectivity index (χ4v) is 3.12. The molecule has 19 heavy (non-hydrogen) atoms. The molecule has 3 heterocycles. The lowest BCUT2D eigenvalue weighted by Crippen LogP contribution is -2.40. The Morgan fingerprint density at radius 1 is 1.42 bits per heavy atom. The van der Waals surface area contributed by atoms with E-state index in [9.17, 15) is 0 Å². The van der Waals surface area contributed by atoms with Gasteiger partial charge in [-0.25, -0.2) is 4.98 Å². The number of fused-ring (bicyclic) bond motifs is 1. The van der Waals surface area contributed by atoms with E-state index in [1.54, 1.807) is 0 Å². The minimum absolute atomic E-state index is 0.177. The average Bonchev–Trinajstić information content (AvgIpc) is 2.79. The van der Waals surface area contributed by atoms with Crippen molar-refractivity contribution in [2.45, 2.75) is 50.8 Å². The molecule has 2 unspecified atom stereocenters. The maximum Gasteiger partial charge on any atom is 0.115 e. The van der Waals surface area contributed by atoms with E-state index in [1.165, 1.54) is 0 Å². The Kier molecular flexibility index (Phi) is 3.86. The first-order valence-corrected chi connectivity index (χ1v) is 7.35. The van der Waals surface area contributed by atoms with Crippen LogP contribution in [0.2, 0.25) is 0 Å². The standard InChI is InChI=1S/C14H24N4O/c1-10-8-18-7-4-13(15)12(14(18)17-10)9-19-11-2-5-16-6-3-11/h8,11-13,16H,2-7,9,15H2,1H3. The van der Waals surface area contributed by atoms with E-state index in [0.717, 1.165) is 50.4 Å². The first-order chi connectivity index (χ1) is 9.24. The third-order valence-corrected chi connectivity index (χ3v) is 4.28. The van der Waals surface area contributed by atoms with Gasteiger partial charge in [-0.1, -0.05) is 0 Å². The summed E-state index contributed by atoms with van der Waals surface area (Å²) >= 11 is 0. The monoisotopic (exact) mass is 264 g/mol. The highest BCUT2D eigenvalue weighted by atomic mass is 16.5. The summed E-state index contributed by atoms with van der Waals surface area (Å²) in [5, 5.41) is 3.36. The van der Waals surface area contributed by atoms with E-state index in [0.29, 0.717) is 12.7 Å². The summed E-state index contributed by atoms with van der Waals surface area (Å²) in [6.45, 7) is 5.87. The van der Waals surface area contributed by atoms with Crippen molar-refractivity contribution in [3.05, 3.63) is 17.7 Å². The van der Waals surface area contributed by atoms with Crippen LogP contribution in [-0.2, 0) is 11.3 Å². The van der Waals surface area contributed by atoms with E-state index in [1.807, 2.05) is 6.92 Å². The summed E-state index contributed by atoms with van der Waals surface area (Å²) in [5.41, 5.74) is 7.35. The number of imidazole rings is 1. The third kappa shape index (κ3) is 2.83. The lowest BCUT2D eigenvalue weighted by molar-refractivity contribution is 0.0168. The Morgan fingerprint density at radius 2 is 2.21 bits per heavy atom. The second-order valence-electron chi connectivity index (χ2n) is 5.78. The van der Waals surface area contributed by atoms with Crippen molar-refractivity contribution in [2.24, 2.45) is 5.73 Å². The number of hydrogen-bond donors (Lipinski definition) is 2. The smallest absolute Gasteiger partial charge is 0.115 e. The number of hydrogen-bond acceptors (Lipinski definition) is 4. The fraction of sp³-hybridized carbons (Fsp3) is 0.786. The van der Waals surface area contributed by atoms with Gasteiger partial charge < -0.3 is 20.4 Å². The second kappa shape index (κ2) is 5.61. The Hall–Kier alpha value is -0.910. The van der Waals surface area contributed by atoms with Crippen LogP contribution in [0.15, 0.2) is 6.20 Å². The molecule has 0 aliphatic carbocycles. The fourth-order valence-electron chi connectivity index (χ4n) is 3.12. The number of nitrogens with zero attached hydrogens (tertiary/aromatic N) is 2. The number of nitrogens with one attached hydrogen (secondary N) is 1. The van der Waals surface area contributed by atoms with Crippen LogP contribution < -0.4 is 11.1 Å². The van der Waals surface area contributed by atoms with Gasteiger partial charge in [0.15, 0.2) is 0 Å². The molecule has 2 atom stereocenters. The first-order valence-electron chi connectivity index (χ1n) is 7.35. The van der Waals surface area contributed by atoms with Crippen LogP contribution in [0, 0.1) is 6.92 Å². The normalized spacial score (nSPS) is 28.3. The molecule has 106 valence electrons. The molecular weight excluding hydrogens is 240 g/mol. The summed E-state index contributed by atoms with van der Waals surface area (Å²) < 4.78 is 8.33. The molecule has 0 amide bonds. The zero-order valence-corrected chi connectivity index (χ0v) is 11.6. The van der Waals surface area contributed by atoms with Gasteiger partial charge in [-0.15, -0.1) is 0 Å².